The number of carbonyl (C=O) groups excluding carboxylic acids is 2. The monoisotopic (exact) mass is 291 g/mol. The largest absolute Gasteiger partial charge is 0.419 e. The molecule has 0 saturated carbocycles. The molecule has 0 radical (unpaired) electrons. The first-order chi connectivity index (χ1) is 9.65. The third-order valence-corrected chi connectivity index (χ3v) is 3.35. The van der Waals surface area contributed by atoms with Gasteiger partial charge in [-0.1, -0.05) is 23.7 Å². The number of nitrogens with zero attached hydrogens (tertiary/aromatic N) is 3. The van der Waals surface area contributed by atoms with Crippen molar-refractivity contribution in [1.29, 1.82) is 0 Å². The van der Waals surface area contributed by atoms with Crippen molar-refractivity contribution in [3.8, 4) is 11.5 Å². The van der Waals surface area contributed by atoms with E-state index in [0.717, 1.165) is 4.90 Å². The molecule has 0 unspecified atom stereocenters. The van der Waals surface area contributed by atoms with Crippen LogP contribution in [0.1, 0.15) is 18.7 Å². The summed E-state index contributed by atoms with van der Waals surface area (Å²) in [5, 5.41) is 8.23. The fraction of sp³-hybridized carbons (Fsp3) is 0.231. The van der Waals surface area contributed by atoms with E-state index >= 15 is 0 Å². The quantitative estimate of drug-likeness (QED) is 0.809. The molecule has 1 aromatic heterocycles. The number of halogens is 1. The van der Waals surface area contributed by atoms with E-state index in [1.165, 1.54) is 0 Å². The van der Waals surface area contributed by atoms with Crippen molar-refractivity contribution in [1.82, 2.24) is 15.1 Å². The van der Waals surface area contributed by atoms with Gasteiger partial charge in [0.05, 0.1) is 10.6 Å². The number of imide groups is 1. The second kappa shape index (κ2) is 5.05. The van der Waals surface area contributed by atoms with Crippen molar-refractivity contribution >= 4 is 23.4 Å². The molecule has 2 heterocycles. The highest BCUT2D eigenvalue weighted by molar-refractivity contribution is 6.33. The number of hydrogen-bond acceptors (Lipinski definition) is 5. The molecule has 2 aromatic rings. The number of amides is 2. The fourth-order valence-electron chi connectivity index (χ4n) is 2.00. The Morgan fingerprint density at radius 2 is 1.85 bits per heavy atom. The summed E-state index contributed by atoms with van der Waals surface area (Å²) in [5.41, 5.74) is 0.618. The lowest BCUT2D eigenvalue weighted by Crippen LogP contribution is -2.28. The summed E-state index contributed by atoms with van der Waals surface area (Å²) >= 11 is 6.04. The highest BCUT2D eigenvalue weighted by atomic mass is 35.5. The van der Waals surface area contributed by atoms with E-state index in [4.69, 9.17) is 16.0 Å². The van der Waals surface area contributed by atoms with Crippen molar-refractivity contribution in [3.63, 3.8) is 0 Å². The lowest BCUT2D eigenvalue weighted by Gasteiger charge is -2.09. The molecule has 1 aliphatic heterocycles. The summed E-state index contributed by atoms with van der Waals surface area (Å²) in [6.45, 7) is 0.00905. The summed E-state index contributed by atoms with van der Waals surface area (Å²) in [4.78, 5) is 24.2. The van der Waals surface area contributed by atoms with Crippen molar-refractivity contribution in [3.05, 3.63) is 35.2 Å². The van der Waals surface area contributed by atoms with Gasteiger partial charge in [-0.05, 0) is 12.1 Å². The van der Waals surface area contributed by atoms with Crippen LogP contribution in [0.5, 0.6) is 0 Å². The molecule has 102 valence electrons. The van der Waals surface area contributed by atoms with Crippen LogP contribution in [0.4, 0.5) is 0 Å². The van der Waals surface area contributed by atoms with Crippen LogP contribution in [0.2, 0.25) is 5.02 Å². The first kappa shape index (κ1) is 12.8. The third kappa shape index (κ3) is 2.30. The van der Waals surface area contributed by atoms with Crippen LogP contribution in [0.3, 0.4) is 0 Å². The van der Waals surface area contributed by atoms with Gasteiger partial charge in [-0.3, -0.25) is 14.5 Å². The maximum atomic E-state index is 11.5. The number of rotatable bonds is 3. The SMILES string of the molecule is O=C1CCC(=O)N1Cc1nnc(-c2ccccc2Cl)o1. The van der Waals surface area contributed by atoms with Gasteiger partial charge in [0.15, 0.2) is 0 Å². The molecular formula is C13H10ClN3O3. The lowest BCUT2D eigenvalue weighted by molar-refractivity contribution is -0.139. The minimum Gasteiger partial charge on any atom is -0.419 e. The predicted octanol–water partition coefficient (Wildman–Crippen LogP) is 2.04. The average molecular weight is 292 g/mol. The van der Waals surface area contributed by atoms with Crippen LogP contribution < -0.4 is 0 Å². The molecule has 1 aromatic carbocycles. The molecule has 20 heavy (non-hydrogen) atoms. The van der Waals surface area contributed by atoms with E-state index in [-0.39, 0.29) is 43.0 Å². The Labute approximate surface area is 119 Å². The maximum Gasteiger partial charge on any atom is 0.249 e. The van der Waals surface area contributed by atoms with Crippen molar-refractivity contribution in [2.45, 2.75) is 19.4 Å². The lowest BCUT2D eigenvalue weighted by atomic mass is 10.2. The number of aromatic nitrogens is 2. The standard InChI is InChI=1S/C13H10ClN3O3/c14-9-4-2-1-3-8(9)13-16-15-10(20-13)7-17-11(18)5-6-12(17)19/h1-4H,5-7H2. The van der Waals surface area contributed by atoms with Crippen LogP contribution in [0, 0.1) is 0 Å². The molecule has 7 heteroatoms. The molecule has 1 saturated heterocycles. The molecule has 0 N–H and O–H groups in total. The zero-order chi connectivity index (χ0) is 14.1. The van der Waals surface area contributed by atoms with Gasteiger partial charge < -0.3 is 4.42 Å². The summed E-state index contributed by atoms with van der Waals surface area (Å²) in [7, 11) is 0. The Morgan fingerprint density at radius 3 is 2.55 bits per heavy atom. The van der Waals surface area contributed by atoms with E-state index in [2.05, 4.69) is 10.2 Å². The minimum absolute atomic E-state index is 0.00905. The van der Waals surface area contributed by atoms with Gasteiger partial charge in [0, 0.05) is 12.8 Å². The molecular weight excluding hydrogens is 282 g/mol. The van der Waals surface area contributed by atoms with Gasteiger partial charge in [0.1, 0.15) is 6.54 Å². The predicted molar refractivity (Wildman–Crippen MR) is 69.5 cm³/mol. The third-order valence-electron chi connectivity index (χ3n) is 3.02. The Balaban J connectivity index is 1.83. The smallest absolute Gasteiger partial charge is 0.249 e. The van der Waals surface area contributed by atoms with Crippen LogP contribution in [-0.4, -0.2) is 26.9 Å². The second-order valence-corrected chi connectivity index (χ2v) is 4.76. The maximum absolute atomic E-state index is 11.5. The van der Waals surface area contributed by atoms with E-state index < -0.39 is 0 Å². The molecule has 0 aliphatic carbocycles. The highest BCUT2D eigenvalue weighted by Gasteiger charge is 2.30. The molecule has 0 bridgehead atoms. The number of likely N-dealkylation sites (tertiary alicyclic amines) is 1. The van der Waals surface area contributed by atoms with E-state index in [1.807, 2.05) is 0 Å². The summed E-state index contributed by atoms with van der Waals surface area (Å²) in [6.07, 6.45) is 0.481. The van der Waals surface area contributed by atoms with Gasteiger partial charge in [-0.2, -0.15) is 0 Å². The molecule has 0 atom stereocenters. The van der Waals surface area contributed by atoms with Gasteiger partial charge in [0.25, 0.3) is 0 Å². The first-order valence-corrected chi connectivity index (χ1v) is 6.43. The van der Waals surface area contributed by atoms with Gasteiger partial charge in [-0.25, -0.2) is 0 Å². The second-order valence-electron chi connectivity index (χ2n) is 4.35. The minimum atomic E-state index is -0.215. The average Bonchev–Trinajstić information content (AvgIpc) is 3.02. The van der Waals surface area contributed by atoms with Crippen molar-refractivity contribution in [2.75, 3.05) is 0 Å². The normalized spacial score (nSPS) is 15.2. The van der Waals surface area contributed by atoms with Crippen LogP contribution in [0.15, 0.2) is 28.7 Å². The Bertz CT molecular complexity index is 667. The van der Waals surface area contributed by atoms with Crippen LogP contribution in [-0.2, 0) is 16.1 Å². The Hall–Kier alpha value is -2.21. The van der Waals surface area contributed by atoms with E-state index in [9.17, 15) is 9.59 Å². The topological polar surface area (TPSA) is 76.3 Å². The summed E-state index contributed by atoms with van der Waals surface area (Å²) in [6, 6.07) is 7.07. The summed E-state index contributed by atoms with van der Waals surface area (Å²) < 4.78 is 5.46. The molecule has 0 spiro atoms. The summed E-state index contributed by atoms with van der Waals surface area (Å²) in [5.74, 6) is 0.0493. The Kier molecular flexibility index (Phi) is 3.23. The number of benzene rings is 1. The molecule has 3 rings (SSSR count). The molecule has 1 aliphatic rings. The van der Waals surface area contributed by atoms with Gasteiger partial charge in [0.2, 0.25) is 23.6 Å². The first-order valence-electron chi connectivity index (χ1n) is 6.05. The molecule has 6 nitrogen and oxygen atoms in total. The van der Waals surface area contributed by atoms with Gasteiger partial charge >= 0.3 is 0 Å². The van der Waals surface area contributed by atoms with Gasteiger partial charge in [-0.15, -0.1) is 10.2 Å². The highest BCUT2D eigenvalue weighted by Crippen LogP contribution is 2.26. The van der Waals surface area contributed by atoms with Crippen molar-refractivity contribution < 1.29 is 14.0 Å². The zero-order valence-corrected chi connectivity index (χ0v) is 11.1. The number of carbonyl (C=O) groups is 2. The van der Waals surface area contributed by atoms with E-state index in [1.54, 1.807) is 24.3 Å². The van der Waals surface area contributed by atoms with Crippen LogP contribution >= 0.6 is 11.6 Å². The van der Waals surface area contributed by atoms with Crippen molar-refractivity contribution in [2.24, 2.45) is 0 Å². The zero-order valence-electron chi connectivity index (χ0n) is 10.4. The fourth-order valence-corrected chi connectivity index (χ4v) is 2.21. The number of hydrogen-bond donors (Lipinski definition) is 0. The molecule has 2 amide bonds. The Morgan fingerprint density at radius 1 is 1.15 bits per heavy atom. The van der Waals surface area contributed by atoms with Crippen LogP contribution in [0.25, 0.3) is 11.5 Å². The van der Waals surface area contributed by atoms with E-state index in [0.29, 0.717) is 10.6 Å². The molecule has 1 fully saturated rings.